The number of nitriles is 1. The van der Waals surface area contributed by atoms with Gasteiger partial charge in [0.2, 0.25) is 17.7 Å². The van der Waals surface area contributed by atoms with Crippen molar-refractivity contribution in [1.29, 1.82) is 5.26 Å². The molecular weight excluding hydrogens is 426 g/mol. The van der Waals surface area contributed by atoms with Gasteiger partial charge in [0.05, 0.1) is 11.6 Å². The third-order valence-electron chi connectivity index (χ3n) is 5.75. The molecule has 12 heteroatoms. The monoisotopic (exact) mass is 447 g/mol. The molecule has 4 aromatic rings. The zero-order chi connectivity index (χ0) is 23.1. The normalized spacial score (nSPS) is 14.0. The van der Waals surface area contributed by atoms with Crippen LogP contribution >= 0.6 is 0 Å². The lowest BCUT2D eigenvalue weighted by molar-refractivity contribution is 0.487. The molecule has 1 N–H and O–H groups in total. The Hall–Kier alpha value is -4.24. The number of fused-ring (bicyclic) bond motifs is 1. The van der Waals surface area contributed by atoms with E-state index in [1.807, 2.05) is 0 Å². The molecule has 0 saturated carbocycles. The van der Waals surface area contributed by atoms with E-state index in [1.165, 1.54) is 11.6 Å². The Morgan fingerprint density at radius 2 is 1.82 bits per heavy atom. The number of benzene rings is 1. The van der Waals surface area contributed by atoms with E-state index in [4.69, 9.17) is 9.68 Å². The van der Waals surface area contributed by atoms with Gasteiger partial charge in [-0.25, -0.2) is 4.79 Å². The predicted octanol–water partition coefficient (Wildman–Crippen LogP) is -0.187. The number of nitrogens with zero attached hydrogens (tertiary/aromatic N) is 8. The standard InChI is InChI=1S/C21H21N9O3/c1-27-17-16(19(31)28(2)21(27)32)30(20(24-17)29-9-7-23-8-10-29)12-15-25-26-18(33-15)14-5-3-13(11-22)4-6-14/h3-6,23H,7-10,12H2,1-2H3. The topological polar surface area (TPSA) is 140 Å². The molecule has 5 rings (SSSR count). The molecule has 1 aliphatic heterocycles. The van der Waals surface area contributed by atoms with Crippen LogP contribution in [0.4, 0.5) is 5.95 Å². The fourth-order valence-electron chi connectivity index (χ4n) is 3.95. The molecule has 0 amide bonds. The molecule has 12 nitrogen and oxygen atoms in total. The molecule has 1 fully saturated rings. The number of hydrogen-bond donors (Lipinski definition) is 1. The molecule has 1 saturated heterocycles. The summed E-state index contributed by atoms with van der Waals surface area (Å²) in [6.45, 7) is 3.09. The molecule has 0 radical (unpaired) electrons. The number of nitrogens with one attached hydrogen (secondary N) is 1. The van der Waals surface area contributed by atoms with Crippen LogP contribution in [0.1, 0.15) is 11.5 Å². The fourth-order valence-corrected chi connectivity index (χ4v) is 3.95. The summed E-state index contributed by atoms with van der Waals surface area (Å²) < 4.78 is 10.0. The van der Waals surface area contributed by atoms with Crippen molar-refractivity contribution >= 4 is 17.1 Å². The van der Waals surface area contributed by atoms with Crippen molar-refractivity contribution in [2.45, 2.75) is 6.54 Å². The molecule has 4 heterocycles. The number of hydrogen-bond acceptors (Lipinski definition) is 9. The summed E-state index contributed by atoms with van der Waals surface area (Å²) in [6, 6.07) is 8.90. The maximum Gasteiger partial charge on any atom is 0.332 e. The van der Waals surface area contributed by atoms with E-state index in [-0.39, 0.29) is 6.54 Å². The Labute approximate surface area is 187 Å². The van der Waals surface area contributed by atoms with Gasteiger partial charge in [-0.15, -0.1) is 10.2 Å². The smallest absolute Gasteiger partial charge is 0.332 e. The molecule has 33 heavy (non-hydrogen) atoms. The van der Waals surface area contributed by atoms with Crippen LogP contribution in [0.5, 0.6) is 0 Å². The van der Waals surface area contributed by atoms with Crippen LogP contribution in [-0.2, 0) is 20.6 Å². The van der Waals surface area contributed by atoms with Gasteiger partial charge in [0.1, 0.15) is 6.54 Å². The van der Waals surface area contributed by atoms with Crippen LogP contribution in [0.25, 0.3) is 22.6 Å². The molecule has 168 valence electrons. The van der Waals surface area contributed by atoms with E-state index in [2.05, 4.69) is 31.5 Å². The third-order valence-corrected chi connectivity index (χ3v) is 5.75. The van der Waals surface area contributed by atoms with Gasteiger partial charge in [-0.05, 0) is 24.3 Å². The summed E-state index contributed by atoms with van der Waals surface area (Å²) in [7, 11) is 3.04. The first-order chi connectivity index (χ1) is 16.0. The highest BCUT2D eigenvalue weighted by Gasteiger charge is 2.25. The Morgan fingerprint density at radius 3 is 2.52 bits per heavy atom. The van der Waals surface area contributed by atoms with Gasteiger partial charge in [0, 0.05) is 45.8 Å². The summed E-state index contributed by atoms with van der Waals surface area (Å²) in [5.74, 6) is 1.17. The number of rotatable bonds is 4. The highest BCUT2D eigenvalue weighted by Crippen LogP contribution is 2.23. The lowest BCUT2D eigenvalue weighted by Crippen LogP contribution is -2.44. The zero-order valence-corrected chi connectivity index (χ0v) is 18.1. The Kier molecular flexibility index (Phi) is 5.02. The molecule has 0 aliphatic carbocycles. The second-order valence-corrected chi connectivity index (χ2v) is 7.80. The maximum atomic E-state index is 13.1. The van der Waals surface area contributed by atoms with Gasteiger partial charge in [0.25, 0.3) is 5.56 Å². The van der Waals surface area contributed by atoms with Gasteiger partial charge in [0.15, 0.2) is 11.2 Å². The summed E-state index contributed by atoms with van der Waals surface area (Å²) >= 11 is 0. The van der Waals surface area contributed by atoms with Gasteiger partial charge in [-0.3, -0.25) is 18.5 Å². The quantitative estimate of drug-likeness (QED) is 0.451. The highest BCUT2D eigenvalue weighted by molar-refractivity contribution is 5.74. The molecule has 3 aromatic heterocycles. The summed E-state index contributed by atoms with van der Waals surface area (Å²) in [5.41, 5.74) is 0.947. The van der Waals surface area contributed by atoms with E-state index in [0.717, 1.165) is 17.7 Å². The maximum absolute atomic E-state index is 13.1. The van der Waals surface area contributed by atoms with E-state index in [0.29, 0.717) is 53.1 Å². The number of imidazole rings is 1. The second kappa shape index (κ2) is 8.03. The van der Waals surface area contributed by atoms with Crippen LogP contribution in [-0.4, -0.2) is 55.1 Å². The Bertz CT molecular complexity index is 1500. The minimum absolute atomic E-state index is 0.118. The number of aryl methyl sites for hydroxylation is 1. The van der Waals surface area contributed by atoms with Crippen LogP contribution in [0.15, 0.2) is 38.3 Å². The molecule has 0 spiro atoms. The lowest BCUT2D eigenvalue weighted by Gasteiger charge is -2.28. The average Bonchev–Trinajstić information content (AvgIpc) is 3.47. The average molecular weight is 447 g/mol. The third kappa shape index (κ3) is 3.48. The van der Waals surface area contributed by atoms with Gasteiger partial charge >= 0.3 is 5.69 Å². The molecule has 1 aliphatic rings. The van der Waals surface area contributed by atoms with Crippen molar-refractivity contribution in [1.82, 2.24) is 34.2 Å². The first-order valence-electron chi connectivity index (χ1n) is 10.4. The largest absolute Gasteiger partial charge is 0.419 e. The predicted molar refractivity (Wildman–Crippen MR) is 119 cm³/mol. The minimum atomic E-state index is -0.440. The number of piperazine rings is 1. The van der Waals surface area contributed by atoms with Crippen molar-refractivity contribution in [3.05, 3.63) is 56.6 Å². The summed E-state index contributed by atoms with van der Waals surface area (Å²) in [6.07, 6.45) is 0. The summed E-state index contributed by atoms with van der Waals surface area (Å²) in [5, 5.41) is 20.6. The van der Waals surface area contributed by atoms with Crippen molar-refractivity contribution in [3.63, 3.8) is 0 Å². The van der Waals surface area contributed by atoms with E-state index < -0.39 is 11.2 Å². The first-order valence-corrected chi connectivity index (χ1v) is 10.4. The first kappa shape index (κ1) is 20.7. The summed E-state index contributed by atoms with van der Waals surface area (Å²) in [4.78, 5) is 32.3. The van der Waals surface area contributed by atoms with Crippen molar-refractivity contribution in [3.8, 4) is 17.5 Å². The van der Waals surface area contributed by atoms with Crippen LogP contribution in [0.3, 0.4) is 0 Å². The van der Waals surface area contributed by atoms with Crippen LogP contribution < -0.4 is 21.5 Å². The van der Waals surface area contributed by atoms with Gasteiger partial charge in [-0.2, -0.15) is 10.2 Å². The Balaban J connectivity index is 1.61. The zero-order valence-electron chi connectivity index (χ0n) is 18.1. The Morgan fingerprint density at radius 1 is 1.09 bits per heavy atom. The lowest BCUT2D eigenvalue weighted by atomic mass is 10.1. The minimum Gasteiger partial charge on any atom is -0.419 e. The molecule has 0 atom stereocenters. The molecular formula is C21H21N9O3. The van der Waals surface area contributed by atoms with E-state index in [9.17, 15) is 9.59 Å². The fraction of sp³-hybridized carbons (Fsp3) is 0.333. The van der Waals surface area contributed by atoms with Crippen LogP contribution in [0, 0.1) is 11.3 Å². The van der Waals surface area contributed by atoms with Crippen molar-refractivity contribution < 1.29 is 4.42 Å². The van der Waals surface area contributed by atoms with E-state index in [1.54, 1.807) is 35.9 Å². The second-order valence-electron chi connectivity index (χ2n) is 7.80. The highest BCUT2D eigenvalue weighted by atomic mass is 16.4. The van der Waals surface area contributed by atoms with Crippen LogP contribution in [0.2, 0.25) is 0 Å². The molecule has 0 unspecified atom stereocenters. The molecule has 0 bridgehead atoms. The van der Waals surface area contributed by atoms with Crippen molar-refractivity contribution in [2.24, 2.45) is 14.1 Å². The number of aromatic nitrogens is 6. The molecule has 1 aromatic carbocycles. The van der Waals surface area contributed by atoms with Crippen molar-refractivity contribution in [2.75, 3.05) is 31.1 Å². The SMILES string of the molecule is Cn1c(=O)c2c(nc(N3CCNCC3)n2Cc2nnc(-c3ccc(C#N)cc3)o2)n(C)c1=O. The van der Waals surface area contributed by atoms with E-state index >= 15 is 0 Å². The van der Waals surface area contributed by atoms with Gasteiger partial charge in [-0.1, -0.05) is 0 Å². The van der Waals surface area contributed by atoms with Gasteiger partial charge < -0.3 is 14.6 Å². The number of anilines is 1.